The van der Waals surface area contributed by atoms with Crippen molar-refractivity contribution < 1.29 is 0 Å². The quantitative estimate of drug-likeness (QED) is 0.156. The molecule has 0 heterocycles. The summed E-state index contributed by atoms with van der Waals surface area (Å²) in [6.07, 6.45) is 0. The molecule has 0 unspecified atom stereocenters. The van der Waals surface area contributed by atoms with Gasteiger partial charge in [0.1, 0.15) is 0 Å². The first-order valence-corrected chi connectivity index (χ1v) is 21.1. The first-order chi connectivity index (χ1) is 29.4. The number of anilines is 3. The molecule has 0 saturated carbocycles. The fraction of sp³-hybridized carbons (Fsp3) is 0.0847. The van der Waals surface area contributed by atoms with Gasteiger partial charge in [-0.1, -0.05) is 208 Å². The van der Waals surface area contributed by atoms with Crippen LogP contribution in [0.3, 0.4) is 0 Å². The molecule has 0 aromatic heterocycles. The molecule has 1 nitrogen and oxygen atoms in total. The van der Waals surface area contributed by atoms with Crippen LogP contribution in [0.25, 0.3) is 55.6 Å². The lowest BCUT2D eigenvalue weighted by Crippen LogP contribution is -2.23. The number of hydrogen-bond acceptors (Lipinski definition) is 1. The van der Waals surface area contributed by atoms with Gasteiger partial charge in [-0.05, 0) is 104 Å². The van der Waals surface area contributed by atoms with E-state index in [4.69, 9.17) is 0 Å². The highest BCUT2D eigenvalue weighted by Gasteiger charge is 2.42. The van der Waals surface area contributed by atoms with E-state index < -0.39 is 0 Å². The van der Waals surface area contributed by atoms with Gasteiger partial charge < -0.3 is 4.90 Å². The standard InChI is InChI=1S/C59H45N/c1-58(2)50-25-12-10-24-49(50)57-54(58)29-17-31-56(57)60(44-38-36-43(37-39-44)42-34-32-41(33-35-42)40-18-5-4-6-19-40)55-30-16-11-23-48(55)47-22-9-15-28-53(47)59(3)51-26-13-7-20-45(51)46-21-8-14-27-52(46)59/h4-39H,1-3H3. The maximum Gasteiger partial charge on any atom is 0.0543 e. The predicted molar refractivity (Wildman–Crippen MR) is 252 cm³/mol. The van der Waals surface area contributed by atoms with Crippen LogP contribution in [0, 0.1) is 0 Å². The molecule has 1 heteroatoms. The summed E-state index contributed by atoms with van der Waals surface area (Å²) in [6.45, 7) is 7.16. The molecule has 0 N–H and O–H groups in total. The van der Waals surface area contributed by atoms with Gasteiger partial charge in [0, 0.05) is 27.6 Å². The molecule has 0 radical (unpaired) electrons. The van der Waals surface area contributed by atoms with E-state index in [2.05, 4.69) is 244 Å². The van der Waals surface area contributed by atoms with E-state index in [-0.39, 0.29) is 10.8 Å². The minimum atomic E-state index is -0.351. The second-order valence-corrected chi connectivity index (χ2v) is 17.0. The monoisotopic (exact) mass is 767 g/mol. The van der Waals surface area contributed by atoms with Crippen LogP contribution in [-0.4, -0.2) is 0 Å². The Morgan fingerprint density at radius 2 is 0.667 bits per heavy atom. The molecular formula is C59H45N. The van der Waals surface area contributed by atoms with Crippen molar-refractivity contribution in [1.82, 2.24) is 0 Å². The van der Waals surface area contributed by atoms with E-state index in [0.717, 1.165) is 11.4 Å². The van der Waals surface area contributed by atoms with Crippen LogP contribution in [0.5, 0.6) is 0 Å². The Hall–Kier alpha value is -7.22. The molecule has 2 aliphatic carbocycles. The minimum Gasteiger partial charge on any atom is -0.309 e. The van der Waals surface area contributed by atoms with Gasteiger partial charge in [0.25, 0.3) is 0 Å². The molecule has 0 saturated heterocycles. The van der Waals surface area contributed by atoms with Crippen LogP contribution in [0.1, 0.15) is 48.6 Å². The van der Waals surface area contributed by atoms with E-state index in [1.165, 1.54) is 89.1 Å². The van der Waals surface area contributed by atoms with E-state index in [9.17, 15) is 0 Å². The van der Waals surface area contributed by atoms with Gasteiger partial charge in [-0.15, -0.1) is 0 Å². The summed E-state index contributed by atoms with van der Waals surface area (Å²) in [5, 5.41) is 0. The van der Waals surface area contributed by atoms with Crippen molar-refractivity contribution in [3.63, 3.8) is 0 Å². The van der Waals surface area contributed by atoms with Crippen LogP contribution in [-0.2, 0) is 10.8 Å². The summed E-state index contributed by atoms with van der Waals surface area (Å²) in [7, 11) is 0. The lowest BCUT2D eigenvalue weighted by molar-refractivity contribution is 0.660. The average Bonchev–Trinajstić information content (AvgIpc) is 3.72. The predicted octanol–water partition coefficient (Wildman–Crippen LogP) is 15.8. The SMILES string of the molecule is CC1(C)c2ccccc2-c2c(N(c3ccc(-c4ccc(-c5ccccc5)cc4)cc3)c3ccccc3-c3ccccc3C3(C)c4ccccc4-c4ccccc43)cccc21. The fourth-order valence-electron chi connectivity index (χ4n) is 10.4. The molecule has 0 bridgehead atoms. The molecule has 9 aromatic carbocycles. The van der Waals surface area contributed by atoms with Gasteiger partial charge in [-0.3, -0.25) is 0 Å². The Morgan fingerprint density at radius 3 is 1.23 bits per heavy atom. The summed E-state index contributed by atoms with van der Waals surface area (Å²) in [5.74, 6) is 0. The van der Waals surface area contributed by atoms with Crippen molar-refractivity contribution in [1.29, 1.82) is 0 Å². The van der Waals surface area contributed by atoms with Crippen molar-refractivity contribution in [2.75, 3.05) is 4.90 Å². The smallest absolute Gasteiger partial charge is 0.0543 e. The molecule has 11 rings (SSSR count). The maximum atomic E-state index is 2.52. The average molecular weight is 768 g/mol. The van der Waals surface area contributed by atoms with E-state index in [1.807, 2.05) is 0 Å². The zero-order valence-electron chi connectivity index (χ0n) is 34.2. The third kappa shape index (κ3) is 5.46. The van der Waals surface area contributed by atoms with Gasteiger partial charge in [-0.2, -0.15) is 0 Å². The topological polar surface area (TPSA) is 3.24 Å². The highest BCUT2D eigenvalue weighted by atomic mass is 15.1. The summed E-state index contributed by atoms with van der Waals surface area (Å²) >= 11 is 0. The molecule has 0 aliphatic heterocycles. The lowest BCUT2D eigenvalue weighted by atomic mass is 9.71. The van der Waals surface area contributed by atoms with Crippen LogP contribution >= 0.6 is 0 Å². The molecule has 60 heavy (non-hydrogen) atoms. The van der Waals surface area contributed by atoms with Gasteiger partial charge in [0.15, 0.2) is 0 Å². The first kappa shape index (κ1) is 35.9. The van der Waals surface area contributed by atoms with Crippen molar-refractivity contribution in [3.05, 3.63) is 246 Å². The Kier molecular flexibility index (Phi) is 8.36. The van der Waals surface area contributed by atoms with Gasteiger partial charge in [-0.25, -0.2) is 0 Å². The van der Waals surface area contributed by atoms with Crippen LogP contribution in [0.2, 0.25) is 0 Å². The largest absolute Gasteiger partial charge is 0.309 e. The summed E-state index contributed by atoms with van der Waals surface area (Å²) in [5.41, 5.74) is 22.2. The van der Waals surface area contributed by atoms with Gasteiger partial charge >= 0.3 is 0 Å². The molecule has 2 aliphatic rings. The van der Waals surface area contributed by atoms with Crippen LogP contribution in [0.15, 0.2) is 218 Å². The number of nitrogens with zero attached hydrogens (tertiary/aromatic N) is 1. The van der Waals surface area contributed by atoms with E-state index in [1.54, 1.807) is 0 Å². The number of rotatable bonds is 7. The second-order valence-electron chi connectivity index (χ2n) is 17.0. The molecule has 0 amide bonds. The second kappa shape index (κ2) is 14.0. The molecule has 0 fully saturated rings. The molecule has 0 spiro atoms. The van der Waals surface area contributed by atoms with Crippen LogP contribution < -0.4 is 4.90 Å². The number of fused-ring (bicyclic) bond motifs is 6. The first-order valence-electron chi connectivity index (χ1n) is 21.1. The normalized spacial score (nSPS) is 13.8. The minimum absolute atomic E-state index is 0.132. The third-order valence-corrected chi connectivity index (χ3v) is 13.4. The van der Waals surface area contributed by atoms with Crippen molar-refractivity contribution in [3.8, 4) is 55.6 Å². The number of para-hydroxylation sites is 1. The highest BCUT2D eigenvalue weighted by molar-refractivity contribution is 5.99. The third-order valence-electron chi connectivity index (χ3n) is 13.4. The lowest BCUT2D eigenvalue weighted by Gasteiger charge is -2.33. The Labute approximate surface area is 353 Å². The maximum absolute atomic E-state index is 2.52. The fourth-order valence-corrected chi connectivity index (χ4v) is 10.4. The number of benzene rings is 9. The summed E-state index contributed by atoms with van der Waals surface area (Å²) < 4.78 is 0. The zero-order chi connectivity index (χ0) is 40.4. The molecular weight excluding hydrogens is 723 g/mol. The molecule has 286 valence electrons. The number of hydrogen-bond donors (Lipinski definition) is 0. The Bertz CT molecular complexity index is 3020. The summed E-state index contributed by atoms with van der Waals surface area (Å²) in [4.78, 5) is 2.52. The molecule has 9 aromatic rings. The van der Waals surface area contributed by atoms with Gasteiger partial charge in [0.2, 0.25) is 0 Å². The summed E-state index contributed by atoms with van der Waals surface area (Å²) in [6, 6.07) is 80.7. The highest BCUT2D eigenvalue weighted by Crippen LogP contribution is 2.57. The Morgan fingerprint density at radius 1 is 0.283 bits per heavy atom. The molecule has 0 atom stereocenters. The van der Waals surface area contributed by atoms with E-state index >= 15 is 0 Å². The van der Waals surface area contributed by atoms with Crippen molar-refractivity contribution in [2.24, 2.45) is 0 Å². The van der Waals surface area contributed by atoms with E-state index in [0.29, 0.717) is 0 Å². The van der Waals surface area contributed by atoms with Gasteiger partial charge in [0.05, 0.1) is 11.4 Å². The van der Waals surface area contributed by atoms with Crippen LogP contribution in [0.4, 0.5) is 17.1 Å². The van der Waals surface area contributed by atoms with Crippen molar-refractivity contribution >= 4 is 17.1 Å². The Balaban J connectivity index is 1.11. The zero-order valence-corrected chi connectivity index (χ0v) is 34.2. The van der Waals surface area contributed by atoms with Crippen molar-refractivity contribution in [2.45, 2.75) is 31.6 Å².